The van der Waals surface area contributed by atoms with E-state index in [0.29, 0.717) is 13.1 Å². The van der Waals surface area contributed by atoms with Gasteiger partial charge >= 0.3 is 0 Å². The summed E-state index contributed by atoms with van der Waals surface area (Å²) < 4.78 is 12.9. The maximum absolute atomic E-state index is 12.9. The van der Waals surface area contributed by atoms with Crippen LogP contribution in [0.4, 0.5) is 4.39 Å². The van der Waals surface area contributed by atoms with Gasteiger partial charge in [-0.1, -0.05) is 12.1 Å². The molecular formula is C16H26Cl2FN3O. The van der Waals surface area contributed by atoms with Crippen LogP contribution in [0.1, 0.15) is 32.3 Å². The van der Waals surface area contributed by atoms with Crippen molar-refractivity contribution in [3.63, 3.8) is 0 Å². The van der Waals surface area contributed by atoms with E-state index in [9.17, 15) is 9.18 Å². The molecule has 1 amide bonds. The Labute approximate surface area is 149 Å². The molecule has 0 bridgehead atoms. The highest BCUT2D eigenvalue weighted by atomic mass is 35.5. The number of nitrogens with two attached hydrogens (primary N) is 1. The first-order valence-electron chi connectivity index (χ1n) is 7.40. The second kappa shape index (κ2) is 9.42. The monoisotopic (exact) mass is 365 g/mol. The number of hydrogen-bond acceptors (Lipinski definition) is 3. The van der Waals surface area contributed by atoms with Crippen molar-refractivity contribution in [2.75, 3.05) is 13.1 Å². The van der Waals surface area contributed by atoms with E-state index < -0.39 is 5.54 Å². The normalized spacial score (nSPS) is 18.0. The van der Waals surface area contributed by atoms with E-state index in [-0.39, 0.29) is 42.6 Å². The highest BCUT2D eigenvalue weighted by Gasteiger charge is 2.31. The van der Waals surface area contributed by atoms with Crippen LogP contribution in [0.5, 0.6) is 0 Å². The Kier molecular flexibility index (Phi) is 9.06. The summed E-state index contributed by atoms with van der Waals surface area (Å²) in [6.45, 7) is 5.80. The molecule has 1 saturated heterocycles. The third kappa shape index (κ3) is 7.04. The number of hydrogen-bond donors (Lipinski definition) is 2. The molecule has 1 aromatic rings. The molecule has 0 saturated carbocycles. The molecule has 0 aliphatic carbocycles. The summed E-state index contributed by atoms with van der Waals surface area (Å²) in [7, 11) is 0. The first-order valence-corrected chi connectivity index (χ1v) is 7.40. The predicted octanol–water partition coefficient (Wildman–Crippen LogP) is 2.49. The van der Waals surface area contributed by atoms with E-state index in [1.54, 1.807) is 12.1 Å². The van der Waals surface area contributed by atoms with Crippen LogP contribution in [-0.4, -0.2) is 35.5 Å². The Morgan fingerprint density at radius 1 is 1.35 bits per heavy atom. The molecule has 1 aliphatic heterocycles. The van der Waals surface area contributed by atoms with E-state index in [1.807, 2.05) is 13.8 Å². The van der Waals surface area contributed by atoms with E-state index in [0.717, 1.165) is 24.9 Å². The summed E-state index contributed by atoms with van der Waals surface area (Å²) in [6.07, 6.45) is 1.86. The van der Waals surface area contributed by atoms with Gasteiger partial charge in [0.25, 0.3) is 0 Å². The number of likely N-dealkylation sites (tertiary alicyclic amines) is 1. The molecule has 4 nitrogen and oxygen atoms in total. The van der Waals surface area contributed by atoms with Gasteiger partial charge in [0.05, 0.1) is 6.04 Å². The molecule has 0 spiro atoms. The average molecular weight is 366 g/mol. The fourth-order valence-electron chi connectivity index (χ4n) is 2.57. The van der Waals surface area contributed by atoms with Crippen LogP contribution in [0.25, 0.3) is 0 Å². The third-order valence-corrected chi connectivity index (χ3v) is 3.68. The third-order valence-electron chi connectivity index (χ3n) is 3.68. The topological polar surface area (TPSA) is 58.4 Å². The van der Waals surface area contributed by atoms with Gasteiger partial charge in [-0.05, 0) is 50.9 Å². The van der Waals surface area contributed by atoms with Crippen molar-refractivity contribution in [1.82, 2.24) is 10.2 Å². The number of nitrogens with one attached hydrogen (secondary N) is 1. The van der Waals surface area contributed by atoms with Crippen LogP contribution in [0.3, 0.4) is 0 Å². The minimum absolute atomic E-state index is 0. The predicted molar refractivity (Wildman–Crippen MR) is 95.6 cm³/mol. The van der Waals surface area contributed by atoms with Gasteiger partial charge in [-0.25, -0.2) is 4.39 Å². The van der Waals surface area contributed by atoms with E-state index in [4.69, 9.17) is 5.73 Å². The van der Waals surface area contributed by atoms with Crippen LogP contribution in [0, 0.1) is 5.82 Å². The van der Waals surface area contributed by atoms with Gasteiger partial charge in [-0.3, -0.25) is 9.69 Å². The van der Waals surface area contributed by atoms with Crippen LogP contribution in [0.2, 0.25) is 0 Å². The lowest BCUT2D eigenvalue weighted by atomic mass is 10.1. The first kappa shape index (κ1) is 22.1. The minimum Gasteiger partial charge on any atom is -0.353 e. The first-order chi connectivity index (χ1) is 9.85. The molecule has 132 valence electrons. The molecule has 1 aromatic carbocycles. The fourth-order valence-corrected chi connectivity index (χ4v) is 2.57. The van der Waals surface area contributed by atoms with Crippen LogP contribution < -0.4 is 11.1 Å². The number of benzene rings is 1. The SMILES string of the molecule is CC(C)(N)CNC(=O)C1CCCN1Cc1ccc(F)cc1.Cl.Cl. The quantitative estimate of drug-likeness (QED) is 0.842. The number of carbonyl (C=O) groups excluding carboxylic acids is 1. The molecule has 23 heavy (non-hydrogen) atoms. The zero-order valence-electron chi connectivity index (χ0n) is 13.5. The lowest BCUT2D eigenvalue weighted by molar-refractivity contribution is -0.125. The van der Waals surface area contributed by atoms with Gasteiger partial charge < -0.3 is 11.1 Å². The molecule has 1 heterocycles. The van der Waals surface area contributed by atoms with Crippen molar-refractivity contribution in [2.24, 2.45) is 5.73 Å². The number of halogens is 3. The highest BCUT2D eigenvalue weighted by Crippen LogP contribution is 2.20. The number of amides is 1. The maximum Gasteiger partial charge on any atom is 0.237 e. The molecule has 1 fully saturated rings. The van der Waals surface area contributed by atoms with Crippen molar-refractivity contribution >= 4 is 30.7 Å². The fraction of sp³-hybridized carbons (Fsp3) is 0.562. The highest BCUT2D eigenvalue weighted by molar-refractivity contribution is 5.85. The van der Waals surface area contributed by atoms with Gasteiger partial charge in [-0.2, -0.15) is 0 Å². The van der Waals surface area contributed by atoms with Gasteiger partial charge in [0, 0.05) is 18.6 Å². The van der Waals surface area contributed by atoms with Crippen molar-refractivity contribution in [1.29, 1.82) is 0 Å². The van der Waals surface area contributed by atoms with Gasteiger partial charge in [-0.15, -0.1) is 24.8 Å². The molecular weight excluding hydrogens is 340 g/mol. The Bertz CT molecular complexity index is 491. The van der Waals surface area contributed by atoms with E-state index in [2.05, 4.69) is 10.2 Å². The van der Waals surface area contributed by atoms with Gasteiger partial charge in [0.1, 0.15) is 5.82 Å². The summed E-state index contributed by atoms with van der Waals surface area (Å²) in [6, 6.07) is 6.34. The maximum atomic E-state index is 12.9. The Morgan fingerprint density at radius 3 is 2.52 bits per heavy atom. The van der Waals surface area contributed by atoms with Crippen LogP contribution in [-0.2, 0) is 11.3 Å². The smallest absolute Gasteiger partial charge is 0.237 e. The Morgan fingerprint density at radius 2 is 1.96 bits per heavy atom. The number of nitrogens with zero attached hydrogens (tertiary/aromatic N) is 1. The van der Waals surface area contributed by atoms with Crippen molar-refractivity contribution in [3.05, 3.63) is 35.6 Å². The lowest BCUT2D eigenvalue weighted by Crippen LogP contribution is -2.50. The van der Waals surface area contributed by atoms with Crippen molar-refractivity contribution in [2.45, 2.75) is 44.8 Å². The standard InChI is InChI=1S/C16H24FN3O.2ClH/c1-16(2,18)11-19-15(21)14-4-3-9-20(14)10-12-5-7-13(17)8-6-12;;/h5-8,14H,3-4,9-11,18H2,1-2H3,(H,19,21);2*1H. The molecule has 0 radical (unpaired) electrons. The molecule has 7 heteroatoms. The van der Waals surface area contributed by atoms with E-state index in [1.165, 1.54) is 12.1 Å². The molecule has 1 aliphatic rings. The summed E-state index contributed by atoms with van der Waals surface area (Å²) in [5, 5.41) is 2.92. The van der Waals surface area contributed by atoms with E-state index >= 15 is 0 Å². The van der Waals surface area contributed by atoms with Crippen LogP contribution >= 0.6 is 24.8 Å². The summed E-state index contributed by atoms with van der Waals surface area (Å²) >= 11 is 0. The lowest BCUT2D eigenvalue weighted by Gasteiger charge is -2.26. The van der Waals surface area contributed by atoms with Crippen molar-refractivity contribution < 1.29 is 9.18 Å². The second-order valence-electron chi connectivity index (χ2n) is 6.46. The molecule has 3 N–H and O–H groups in total. The van der Waals surface area contributed by atoms with Gasteiger partial charge in [0.15, 0.2) is 0 Å². The second-order valence-corrected chi connectivity index (χ2v) is 6.46. The molecule has 1 atom stereocenters. The number of carbonyl (C=O) groups is 1. The summed E-state index contributed by atoms with van der Waals surface area (Å²) in [5.41, 5.74) is 6.51. The van der Waals surface area contributed by atoms with Gasteiger partial charge in [0.2, 0.25) is 5.91 Å². The largest absolute Gasteiger partial charge is 0.353 e. The Hall–Kier alpha value is -0.880. The minimum atomic E-state index is -0.407. The number of rotatable bonds is 5. The zero-order chi connectivity index (χ0) is 15.5. The average Bonchev–Trinajstić information content (AvgIpc) is 2.86. The molecule has 0 aromatic heterocycles. The van der Waals surface area contributed by atoms with Crippen LogP contribution in [0.15, 0.2) is 24.3 Å². The molecule has 2 rings (SSSR count). The summed E-state index contributed by atoms with van der Waals surface area (Å²) in [4.78, 5) is 14.4. The Balaban J connectivity index is 0.00000242. The van der Waals surface area contributed by atoms with Crippen molar-refractivity contribution in [3.8, 4) is 0 Å². The summed E-state index contributed by atoms with van der Waals surface area (Å²) in [5.74, 6) is -0.201. The zero-order valence-corrected chi connectivity index (χ0v) is 15.2. The molecule has 1 unspecified atom stereocenters.